The first-order valence-corrected chi connectivity index (χ1v) is 15.4. The van der Waals surface area contributed by atoms with Crippen LogP contribution >= 0.6 is 0 Å². The van der Waals surface area contributed by atoms with E-state index < -0.39 is 51.7 Å². The Labute approximate surface area is 249 Å². The number of rotatable bonds is 13. The fraction of sp³-hybridized carbons (Fsp3) is 0.290. The monoisotopic (exact) mass is 607 g/mol. The van der Waals surface area contributed by atoms with E-state index in [1.165, 1.54) is 6.92 Å². The van der Waals surface area contributed by atoms with Crippen molar-refractivity contribution in [3.8, 4) is 11.1 Å². The largest absolute Gasteiger partial charge is 0.481 e. The van der Waals surface area contributed by atoms with Gasteiger partial charge in [0.1, 0.15) is 18.7 Å². The smallest absolute Gasteiger partial charge is 0.407 e. The molecule has 226 valence electrons. The molecular formula is C31H33N3O8S. The number of fused-ring (bicyclic) bond motifs is 3. The van der Waals surface area contributed by atoms with E-state index >= 15 is 0 Å². The summed E-state index contributed by atoms with van der Waals surface area (Å²) in [4.78, 5) is 49.4. The number of ether oxygens (including phenoxy) is 1. The van der Waals surface area contributed by atoms with Crippen molar-refractivity contribution in [3.63, 3.8) is 0 Å². The summed E-state index contributed by atoms with van der Waals surface area (Å²) in [7, 11) is -4.11. The quantitative estimate of drug-likeness (QED) is 0.230. The number of carbonyl (C=O) groups is 4. The third-order valence-electron chi connectivity index (χ3n) is 7.05. The molecule has 2 atom stereocenters. The van der Waals surface area contributed by atoms with E-state index in [4.69, 9.17) is 9.84 Å². The average molecular weight is 608 g/mol. The highest BCUT2D eigenvalue weighted by molar-refractivity contribution is 7.90. The van der Waals surface area contributed by atoms with Gasteiger partial charge < -0.3 is 20.5 Å². The highest BCUT2D eigenvalue weighted by atomic mass is 32.2. The summed E-state index contributed by atoms with van der Waals surface area (Å²) in [5.41, 5.74) is 4.95. The van der Waals surface area contributed by atoms with Crippen molar-refractivity contribution in [2.24, 2.45) is 0 Å². The van der Waals surface area contributed by atoms with Gasteiger partial charge in [0, 0.05) is 18.8 Å². The Kier molecular flexibility index (Phi) is 10.1. The zero-order valence-corrected chi connectivity index (χ0v) is 24.3. The van der Waals surface area contributed by atoms with Crippen molar-refractivity contribution in [2.45, 2.75) is 44.2 Å². The molecular weight excluding hydrogens is 574 g/mol. The van der Waals surface area contributed by atoms with Crippen molar-refractivity contribution >= 4 is 33.9 Å². The van der Waals surface area contributed by atoms with Crippen LogP contribution in [0.3, 0.4) is 0 Å². The maximum absolute atomic E-state index is 13.2. The lowest BCUT2D eigenvalue weighted by atomic mass is 9.98. The second kappa shape index (κ2) is 14.0. The van der Waals surface area contributed by atoms with Crippen LogP contribution in [0, 0.1) is 0 Å². The molecule has 0 aliphatic heterocycles. The van der Waals surface area contributed by atoms with Gasteiger partial charge in [-0.25, -0.2) is 13.2 Å². The van der Waals surface area contributed by atoms with Crippen LogP contribution in [0.25, 0.3) is 11.1 Å². The van der Waals surface area contributed by atoms with Crippen LogP contribution in [0.5, 0.6) is 0 Å². The van der Waals surface area contributed by atoms with Gasteiger partial charge in [-0.3, -0.25) is 19.1 Å². The maximum Gasteiger partial charge on any atom is 0.407 e. The summed E-state index contributed by atoms with van der Waals surface area (Å²) >= 11 is 0. The molecule has 11 nitrogen and oxygen atoms in total. The number of sulfonamides is 1. The number of carbonyl (C=O) groups excluding carboxylic acids is 3. The van der Waals surface area contributed by atoms with Crippen LogP contribution in [-0.4, -0.2) is 61.8 Å². The van der Waals surface area contributed by atoms with Crippen LogP contribution in [-0.2, 0) is 35.6 Å². The van der Waals surface area contributed by atoms with Crippen LogP contribution in [0.4, 0.5) is 4.79 Å². The second-order valence-electron chi connectivity index (χ2n) is 10.2. The highest BCUT2D eigenvalue weighted by Crippen LogP contribution is 2.44. The van der Waals surface area contributed by atoms with Crippen LogP contribution in [0.15, 0.2) is 78.9 Å². The third kappa shape index (κ3) is 8.41. The number of aliphatic carboxylic acids is 1. The highest BCUT2D eigenvalue weighted by Gasteiger charge is 2.31. The van der Waals surface area contributed by atoms with E-state index in [0.717, 1.165) is 27.8 Å². The Morgan fingerprint density at radius 3 is 2.02 bits per heavy atom. The molecule has 0 aromatic heterocycles. The van der Waals surface area contributed by atoms with Gasteiger partial charge in [-0.2, -0.15) is 0 Å². The molecule has 0 bridgehead atoms. The third-order valence-corrected chi connectivity index (χ3v) is 8.39. The summed E-state index contributed by atoms with van der Waals surface area (Å²) in [5, 5.41) is 13.7. The topological polar surface area (TPSA) is 168 Å². The molecule has 0 unspecified atom stereocenters. The number of benzene rings is 3. The first kappa shape index (κ1) is 31.2. The van der Waals surface area contributed by atoms with Crippen LogP contribution in [0.2, 0.25) is 0 Å². The molecule has 4 rings (SSSR count). The van der Waals surface area contributed by atoms with Gasteiger partial charge in [0.05, 0.1) is 5.75 Å². The van der Waals surface area contributed by atoms with Gasteiger partial charge in [-0.05, 0) is 41.2 Å². The number of hydrogen-bond acceptors (Lipinski definition) is 7. The van der Waals surface area contributed by atoms with Crippen molar-refractivity contribution in [2.75, 3.05) is 12.4 Å². The van der Waals surface area contributed by atoms with E-state index in [-0.39, 0.29) is 31.8 Å². The Morgan fingerprint density at radius 2 is 1.42 bits per heavy atom. The summed E-state index contributed by atoms with van der Waals surface area (Å²) in [6, 6.07) is 22.3. The molecule has 12 heteroatoms. The molecule has 0 heterocycles. The Morgan fingerprint density at radius 1 is 0.837 bits per heavy atom. The van der Waals surface area contributed by atoms with Gasteiger partial charge >= 0.3 is 12.1 Å². The van der Waals surface area contributed by atoms with Gasteiger partial charge in [0.25, 0.3) is 5.91 Å². The fourth-order valence-corrected chi connectivity index (χ4v) is 6.04. The van der Waals surface area contributed by atoms with Crippen molar-refractivity contribution in [3.05, 3.63) is 95.6 Å². The molecule has 4 N–H and O–H groups in total. The lowest BCUT2D eigenvalue weighted by Gasteiger charge is -2.22. The summed E-state index contributed by atoms with van der Waals surface area (Å²) in [5.74, 6) is -3.62. The molecule has 1 aliphatic carbocycles. The number of carboxylic acids is 1. The van der Waals surface area contributed by atoms with Gasteiger partial charge in [0.15, 0.2) is 0 Å². The van der Waals surface area contributed by atoms with Crippen molar-refractivity contribution in [1.29, 1.82) is 0 Å². The molecule has 0 fully saturated rings. The van der Waals surface area contributed by atoms with Gasteiger partial charge in [-0.15, -0.1) is 0 Å². The van der Waals surface area contributed by atoms with E-state index in [1.54, 1.807) is 30.3 Å². The number of amides is 3. The minimum Gasteiger partial charge on any atom is -0.481 e. The van der Waals surface area contributed by atoms with Crippen molar-refractivity contribution < 1.29 is 37.4 Å². The summed E-state index contributed by atoms with van der Waals surface area (Å²) in [6.45, 7) is 1.34. The molecule has 3 aromatic carbocycles. The lowest BCUT2D eigenvalue weighted by Crippen LogP contribution is -2.54. The molecule has 43 heavy (non-hydrogen) atoms. The Hall–Kier alpha value is -4.71. The zero-order valence-electron chi connectivity index (χ0n) is 23.5. The van der Waals surface area contributed by atoms with E-state index in [0.29, 0.717) is 0 Å². The number of nitrogens with one attached hydrogen (secondary N) is 3. The molecule has 1 aliphatic rings. The van der Waals surface area contributed by atoms with E-state index in [9.17, 15) is 27.6 Å². The number of carboxylic acid groups (broad SMARTS) is 1. The molecule has 0 saturated heterocycles. The minimum atomic E-state index is -4.11. The first-order valence-electron chi connectivity index (χ1n) is 13.8. The zero-order chi connectivity index (χ0) is 31.0. The number of hydrogen-bond donors (Lipinski definition) is 4. The molecule has 3 amide bonds. The molecule has 0 saturated carbocycles. The molecule has 3 aromatic rings. The fourth-order valence-electron chi connectivity index (χ4n) is 4.93. The van der Waals surface area contributed by atoms with Gasteiger partial charge in [0.2, 0.25) is 15.9 Å². The Balaban J connectivity index is 1.40. The van der Waals surface area contributed by atoms with E-state index in [2.05, 4.69) is 10.6 Å². The van der Waals surface area contributed by atoms with Gasteiger partial charge in [-0.1, -0.05) is 78.9 Å². The average Bonchev–Trinajstić information content (AvgIpc) is 3.29. The predicted molar refractivity (Wildman–Crippen MR) is 159 cm³/mol. The lowest BCUT2D eigenvalue weighted by molar-refractivity contribution is -0.137. The molecule has 0 radical (unpaired) electrons. The van der Waals surface area contributed by atoms with Crippen molar-refractivity contribution in [1.82, 2.24) is 15.4 Å². The first-order chi connectivity index (χ1) is 20.5. The second-order valence-corrected chi connectivity index (χ2v) is 12.1. The number of alkyl carbamates (subject to hydrolysis) is 1. The predicted octanol–water partition coefficient (Wildman–Crippen LogP) is 2.95. The Bertz CT molecular complexity index is 1550. The van der Waals surface area contributed by atoms with E-state index in [1.807, 2.05) is 53.3 Å². The molecule has 0 spiro atoms. The minimum absolute atomic E-state index is 0.0398. The standard InChI is InChI=1S/C31H33N3O8S/c1-20(29(37)34-43(40,41)17-9-16-28(35)36)32-30(38)27(18-21-10-3-2-4-11-21)33-31(39)42-19-26-24-14-7-5-12-22(24)23-13-6-8-15-25(23)26/h2-8,10-15,20,26-27H,9,16-19H2,1H3,(H,32,38)(H,33,39)(H,34,37)(H,35,36)/t20-,27-/m0/s1. The normalized spacial score (nSPS) is 13.6. The van der Waals surface area contributed by atoms with Crippen LogP contribution in [0.1, 0.15) is 42.4 Å². The summed E-state index contributed by atoms with van der Waals surface area (Å²) in [6.07, 6.45) is -1.29. The van der Waals surface area contributed by atoms with Crippen LogP contribution < -0.4 is 15.4 Å². The SMILES string of the molecule is C[C@H](NC(=O)[C@H](Cc1ccccc1)NC(=O)OCC1c2ccccc2-c2ccccc21)C(=O)NS(=O)(=O)CCCC(=O)O. The maximum atomic E-state index is 13.2. The summed E-state index contributed by atoms with van der Waals surface area (Å²) < 4.78 is 31.8.